The predicted molar refractivity (Wildman–Crippen MR) is 214 cm³/mol. The van der Waals surface area contributed by atoms with Crippen molar-refractivity contribution in [1.82, 2.24) is 29.5 Å². The Morgan fingerprint density at radius 3 is 2.36 bits per heavy atom. The zero-order valence-electron chi connectivity index (χ0n) is 32.0. The molecule has 5 aromatic rings. The van der Waals surface area contributed by atoms with Crippen LogP contribution < -0.4 is 35.5 Å². The van der Waals surface area contributed by atoms with Crippen molar-refractivity contribution in [3.63, 3.8) is 0 Å². The van der Waals surface area contributed by atoms with E-state index in [9.17, 15) is 37.2 Å². The Morgan fingerprint density at radius 1 is 0.902 bits per heavy atom. The number of benzene rings is 3. The van der Waals surface area contributed by atoms with Gasteiger partial charge in [0, 0.05) is 51.4 Å². The van der Waals surface area contributed by atoms with Crippen LogP contribution in [0.3, 0.4) is 0 Å². The summed E-state index contributed by atoms with van der Waals surface area (Å²) in [6, 6.07) is 14.7. The fourth-order valence-corrected chi connectivity index (χ4v) is 8.56. The van der Waals surface area contributed by atoms with Gasteiger partial charge in [-0.3, -0.25) is 33.8 Å². The van der Waals surface area contributed by atoms with E-state index in [1.807, 2.05) is 9.80 Å². The number of nitrogens with zero attached hydrogens (tertiary/aromatic N) is 7. The Kier molecular flexibility index (Phi) is 11.0. The minimum atomic E-state index is -4.26. The maximum Gasteiger partial charge on any atom is 0.301 e. The summed E-state index contributed by atoms with van der Waals surface area (Å²) in [5, 5.41) is 14.6. The number of imide groups is 1. The van der Waals surface area contributed by atoms with E-state index in [2.05, 4.69) is 25.3 Å². The quantitative estimate of drug-likeness (QED) is 0.173. The zero-order valence-corrected chi connectivity index (χ0v) is 32.8. The summed E-state index contributed by atoms with van der Waals surface area (Å²) >= 11 is 0. The maximum atomic E-state index is 15.1. The number of anilines is 3. The lowest BCUT2D eigenvalue weighted by molar-refractivity contribution is -0.134. The van der Waals surface area contributed by atoms with Crippen molar-refractivity contribution in [3.05, 3.63) is 106 Å². The van der Waals surface area contributed by atoms with Gasteiger partial charge in [-0.15, -0.1) is 0 Å². The van der Waals surface area contributed by atoms with Crippen LogP contribution in [-0.2, 0) is 19.8 Å². The van der Waals surface area contributed by atoms with E-state index < -0.39 is 68.7 Å². The standard InChI is InChI=1S/C40H35F3N10O7S/c41-23-11-12-52(21-23)61(58,59)49-33-7-5-30(42)37(29(33)19-44)60-26-3-6-32-28(18-26)40(57)53(22-46-32)25-2-9-35(45-20-25)51-15-13-50(14-16-51)24-1-4-27(31(43)17-24)38(55)47-34-8-10-36(54)48-39(34)56/h1-7,9,17-18,20,22-23,34,49H,8,10-16,21H2,(H,47,55)(H,48,54,56)/t23-,34?/m1/s1. The molecule has 3 N–H and O–H groups in total. The molecule has 5 heterocycles. The van der Waals surface area contributed by atoms with Crippen molar-refractivity contribution < 1.29 is 40.7 Å². The highest BCUT2D eigenvalue weighted by Gasteiger charge is 2.33. The molecule has 8 rings (SSSR count). The van der Waals surface area contributed by atoms with Crippen molar-refractivity contribution in [3.8, 4) is 23.3 Å². The van der Waals surface area contributed by atoms with Gasteiger partial charge in [0.05, 0.1) is 34.0 Å². The fraction of sp³-hybridized carbons (Fsp3) is 0.275. The largest absolute Gasteiger partial charge is 0.453 e. The van der Waals surface area contributed by atoms with Crippen LogP contribution in [0.2, 0.25) is 0 Å². The van der Waals surface area contributed by atoms with Gasteiger partial charge in [-0.2, -0.15) is 18.0 Å². The minimum absolute atomic E-state index is 0.0238. The molecule has 3 amide bonds. The smallest absolute Gasteiger partial charge is 0.301 e. The summed E-state index contributed by atoms with van der Waals surface area (Å²) in [4.78, 5) is 62.8. The van der Waals surface area contributed by atoms with Crippen LogP contribution in [0, 0.1) is 23.0 Å². The average molecular weight is 857 g/mol. The number of rotatable bonds is 10. The van der Waals surface area contributed by atoms with Gasteiger partial charge >= 0.3 is 10.2 Å². The van der Waals surface area contributed by atoms with Crippen LogP contribution in [0.25, 0.3) is 16.6 Å². The number of hydrogen-bond donors (Lipinski definition) is 3. The molecule has 61 heavy (non-hydrogen) atoms. The number of carbonyl (C=O) groups is 3. The van der Waals surface area contributed by atoms with Crippen molar-refractivity contribution in [2.24, 2.45) is 0 Å². The topological polar surface area (TPSA) is 212 Å². The number of pyridine rings is 1. The van der Waals surface area contributed by atoms with E-state index in [1.54, 1.807) is 24.3 Å². The number of fused-ring (bicyclic) bond motifs is 1. The van der Waals surface area contributed by atoms with Crippen LogP contribution in [-0.4, -0.2) is 96.5 Å². The van der Waals surface area contributed by atoms with Crippen LogP contribution >= 0.6 is 0 Å². The molecule has 3 aromatic carbocycles. The molecule has 0 saturated carbocycles. The Labute approximate surface area is 345 Å². The summed E-state index contributed by atoms with van der Waals surface area (Å²) in [6.07, 6.45) is 1.73. The molecule has 0 aliphatic carbocycles. The van der Waals surface area contributed by atoms with Crippen molar-refractivity contribution in [2.45, 2.75) is 31.5 Å². The van der Waals surface area contributed by atoms with E-state index in [4.69, 9.17) is 4.74 Å². The van der Waals surface area contributed by atoms with Crippen LogP contribution in [0.1, 0.15) is 35.2 Å². The van der Waals surface area contributed by atoms with Gasteiger partial charge in [-0.1, -0.05) is 0 Å². The number of piperidine rings is 1. The molecule has 314 valence electrons. The fourth-order valence-electron chi connectivity index (χ4n) is 7.28. The number of piperazine rings is 1. The third kappa shape index (κ3) is 8.40. The first kappa shape index (κ1) is 40.7. The van der Waals surface area contributed by atoms with Gasteiger partial charge in [0.25, 0.3) is 11.5 Å². The Balaban J connectivity index is 0.929. The molecule has 21 heteroatoms. The van der Waals surface area contributed by atoms with Crippen LogP contribution in [0.15, 0.2) is 78.0 Å². The maximum absolute atomic E-state index is 15.1. The molecule has 0 radical (unpaired) electrons. The minimum Gasteiger partial charge on any atom is -0.453 e. The number of hydrogen-bond acceptors (Lipinski definition) is 12. The first-order chi connectivity index (χ1) is 29.3. The van der Waals surface area contributed by atoms with Crippen LogP contribution in [0.5, 0.6) is 11.5 Å². The lowest BCUT2D eigenvalue weighted by atomic mass is 10.1. The second-order valence-electron chi connectivity index (χ2n) is 14.5. The number of amides is 3. The first-order valence-corrected chi connectivity index (χ1v) is 20.5. The second kappa shape index (κ2) is 16.5. The number of aromatic nitrogens is 3. The molecule has 2 aromatic heterocycles. The summed E-state index contributed by atoms with van der Waals surface area (Å²) in [5.41, 5.74) is -0.223. The third-order valence-electron chi connectivity index (χ3n) is 10.6. The van der Waals surface area contributed by atoms with Gasteiger partial charge in [0.1, 0.15) is 47.6 Å². The monoisotopic (exact) mass is 856 g/mol. The molecule has 3 aliphatic heterocycles. The van der Waals surface area contributed by atoms with E-state index in [1.165, 1.54) is 47.4 Å². The third-order valence-corrected chi connectivity index (χ3v) is 12.1. The van der Waals surface area contributed by atoms with Gasteiger partial charge < -0.3 is 19.9 Å². The molecule has 0 bridgehead atoms. The SMILES string of the molecule is N#Cc1c(NS(=O)(=O)N2CC[C@@H](F)C2)ccc(F)c1Oc1ccc2ncn(-c3ccc(N4CCN(c5ccc(C(=O)NC6CCC(=O)NC6=O)c(F)c5)CC4)nc3)c(=O)c2c1. The molecular formula is C40H35F3N10O7S. The van der Waals surface area contributed by atoms with E-state index in [0.717, 1.165) is 16.4 Å². The molecule has 3 fully saturated rings. The molecule has 3 aliphatic rings. The Hall–Kier alpha value is -7.05. The average Bonchev–Trinajstić information content (AvgIpc) is 3.70. The van der Waals surface area contributed by atoms with Gasteiger partial charge in [0.15, 0.2) is 11.6 Å². The number of carbonyl (C=O) groups excluding carboxylic acids is 3. The molecule has 2 atom stereocenters. The van der Waals surface area contributed by atoms with Crippen LogP contribution in [0.4, 0.5) is 30.4 Å². The summed E-state index contributed by atoms with van der Waals surface area (Å²) in [5.74, 6) is -3.54. The van der Waals surface area contributed by atoms with E-state index in [-0.39, 0.29) is 54.7 Å². The highest BCUT2D eigenvalue weighted by atomic mass is 32.2. The summed E-state index contributed by atoms with van der Waals surface area (Å²) in [7, 11) is -4.26. The predicted octanol–water partition coefficient (Wildman–Crippen LogP) is 3.28. The summed E-state index contributed by atoms with van der Waals surface area (Å²) in [6.45, 7) is 1.63. The number of nitriles is 1. The van der Waals surface area contributed by atoms with Gasteiger partial charge in [-0.25, -0.2) is 23.1 Å². The van der Waals surface area contributed by atoms with Crippen molar-refractivity contribution in [2.75, 3.05) is 53.8 Å². The summed E-state index contributed by atoms with van der Waals surface area (Å²) < 4.78 is 79.8. The Morgan fingerprint density at radius 2 is 1.67 bits per heavy atom. The lowest BCUT2D eigenvalue weighted by Gasteiger charge is -2.36. The molecule has 3 saturated heterocycles. The number of alkyl halides is 1. The zero-order chi connectivity index (χ0) is 43.0. The number of nitrogens with one attached hydrogen (secondary N) is 3. The number of halogens is 3. The van der Waals surface area contributed by atoms with Gasteiger partial charge in [0.2, 0.25) is 11.8 Å². The van der Waals surface area contributed by atoms with Crippen molar-refractivity contribution in [1.29, 1.82) is 5.26 Å². The lowest BCUT2D eigenvalue weighted by Crippen LogP contribution is -2.52. The second-order valence-corrected chi connectivity index (χ2v) is 16.1. The Bertz CT molecular complexity index is 2800. The molecule has 0 spiro atoms. The first-order valence-electron chi connectivity index (χ1n) is 19.0. The number of ether oxygens (including phenoxy) is 1. The van der Waals surface area contributed by atoms with E-state index >= 15 is 8.78 Å². The van der Waals surface area contributed by atoms with E-state index in [0.29, 0.717) is 48.9 Å². The highest BCUT2D eigenvalue weighted by molar-refractivity contribution is 7.90. The normalized spacial score (nSPS) is 18.5. The molecule has 17 nitrogen and oxygen atoms in total. The van der Waals surface area contributed by atoms with Gasteiger partial charge in [-0.05, 0) is 73.5 Å². The van der Waals surface area contributed by atoms with Crippen molar-refractivity contribution >= 4 is 56.0 Å². The molecular weight excluding hydrogens is 822 g/mol. The highest BCUT2D eigenvalue weighted by Crippen LogP contribution is 2.35. The molecule has 1 unspecified atom stereocenters.